The van der Waals surface area contributed by atoms with E-state index in [1.165, 1.54) is 26.9 Å². The highest BCUT2D eigenvalue weighted by atomic mass is 32.1. The number of nitrogens with one attached hydrogen (secondary N) is 1. The van der Waals surface area contributed by atoms with E-state index in [2.05, 4.69) is 52.7 Å². The van der Waals surface area contributed by atoms with Crippen LogP contribution in [0.25, 0.3) is 10.1 Å². The van der Waals surface area contributed by atoms with Gasteiger partial charge in [0.25, 0.3) is 0 Å². The van der Waals surface area contributed by atoms with Crippen LogP contribution in [0.5, 0.6) is 11.5 Å². The summed E-state index contributed by atoms with van der Waals surface area (Å²) in [5.74, 6) is 1.71. The summed E-state index contributed by atoms with van der Waals surface area (Å²) < 4.78 is 12.5. The van der Waals surface area contributed by atoms with E-state index in [1.807, 2.05) is 17.4 Å². The summed E-state index contributed by atoms with van der Waals surface area (Å²) >= 11 is 1.90. The van der Waals surface area contributed by atoms with Crippen LogP contribution in [0.1, 0.15) is 22.9 Å². The number of fused-ring (bicyclic) bond motifs is 2. The summed E-state index contributed by atoms with van der Waals surface area (Å²) in [6.07, 6.45) is 1.17. The summed E-state index contributed by atoms with van der Waals surface area (Å²) in [4.78, 5) is 3.99. The number of hydrogen-bond donors (Lipinski definition) is 1. The first-order chi connectivity index (χ1) is 12.9. The molecule has 1 N–H and O–H groups in total. The molecular weight excluding hydrogens is 344 g/mol. The van der Waals surface area contributed by atoms with Crippen molar-refractivity contribution in [3.8, 4) is 11.5 Å². The number of rotatable bonds is 3. The van der Waals surface area contributed by atoms with Crippen LogP contribution in [-0.4, -0.2) is 37.9 Å². The van der Waals surface area contributed by atoms with Gasteiger partial charge < -0.3 is 14.8 Å². The van der Waals surface area contributed by atoms with Crippen molar-refractivity contribution in [1.29, 1.82) is 0 Å². The van der Waals surface area contributed by atoms with Gasteiger partial charge in [-0.05, 0) is 48.2 Å². The molecule has 2 aliphatic heterocycles. The van der Waals surface area contributed by atoms with Gasteiger partial charge in [0.2, 0.25) is 6.79 Å². The molecule has 26 heavy (non-hydrogen) atoms. The Morgan fingerprint density at radius 1 is 0.962 bits per heavy atom. The number of hydrogen-bond acceptors (Lipinski definition) is 5. The van der Waals surface area contributed by atoms with Crippen LogP contribution in [0.3, 0.4) is 0 Å². The van der Waals surface area contributed by atoms with Gasteiger partial charge in [0.05, 0.1) is 6.04 Å². The third kappa shape index (κ3) is 2.96. The molecule has 3 heterocycles. The third-order valence-electron chi connectivity index (χ3n) is 5.17. The van der Waals surface area contributed by atoms with Crippen molar-refractivity contribution in [2.45, 2.75) is 12.5 Å². The Labute approximate surface area is 157 Å². The molecule has 1 unspecified atom stereocenters. The molecule has 3 aromatic rings. The van der Waals surface area contributed by atoms with Gasteiger partial charge in [0.1, 0.15) is 0 Å². The van der Waals surface area contributed by atoms with Crippen molar-refractivity contribution >= 4 is 21.4 Å². The van der Waals surface area contributed by atoms with Gasteiger partial charge in [0, 0.05) is 29.2 Å². The average molecular weight is 366 g/mol. The van der Waals surface area contributed by atoms with E-state index in [0.29, 0.717) is 6.79 Å². The average Bonchev–Trinajstić information content (AvgIpc) is 3.22. The van der Waals surface area contributed by atoms with Crippen molar-refractivity contribution in [2.75, 3.05) is 33.0 Å². The van der Waals surface area contributed by atoms with Crippen molar-refractivity contribution < 1.29 is 9.47 Å². The van der Waals surface area contributed by atoms with E-state index in [4.69, 9.17) is 9.47 Å². The van der Waals surface area contributed by atoms with Crippen LogP contribution >= 0.6 is 11.3 Å². The van der Waals surface area contributed by atoms with Crippen molar-refractivity contribution in [1.82, 2.24) is 10.2 Å². The zero-order valence-electron chi connectivity index (χ0n) is 14.6. The zero-order valence-corrected chi connectivity index (χ0v) is 15.4. The Bertz CT molecular complexity index is 882. The van der Waals surface area contributed by atoms with E-state index in [9.17, 15) is 0 Å². The molecule has 0 bridgehead atoms. The molecule has 5 heteroatoms. The van der Waals surface area contributed by atoms with Gasteiger partial charge in [0.15, 0.2) is 11.5 Å². The first kappa shape index (κ1) is 16.1. The van der Waals surface area contributed by atoms with Gasteiger partial charge >= 0.3 is 0 Å². The fraction of sp³-hybridized carbons (Fsp3) is 0.333. The lowest BCUT2D eigenvalue weighted by Gasteiger charge is -2.30. The SMILES string of the molecule is c1ccc2sc(C(c3ccc4c(c3)OCO4)N3CCCNCC3)cc2c1. The molecule has 5 rings (SSSR count). The van der Waals surface area contributed by atoms with Crippen LogP contribution in [0.2, 0.25) is 0 Å². The summed E-state index contributed by atoms with van der Waals surface area (Å²) in [7, 11) is 0. The van der Waals surface area contributed by atoms with E-state index in [1.54, 1.807) is 0 Å². The predicted molar refractivity (Wildman–Crippen MR) is 105 cm³/mol. The number of benzene rings is 2. The largest absolute Gasteiger partial charge is 0.454 e. The summed E-state index contributed by atoms with van der Waals surface area (Å²) in [6.45, 7) is 4.59. The van der Waals surface area contributed by atoms with Crippen LogP contribution < -0.4 is 14.8 Å². The monoisotopic (exact) mass is 366 g/mol. The number of ether oxygens (including phenoxy) is 2. The second-order valence-electron chi connectivity index (χ2n) is 6.84. The molecule has 1 aromatic heterocycles. The fourth-order valence-electron chi connectivity index (χ4n) is 3.90. The van der Waals surface area contributed by atoms with Crippen molar-refractivity contribution in [3.05, 3.63) is 59.0 Å². The van der Waals surface area contributed by atoms with Crippen molar-refractivity contribution in [3.63, 3.8) is 0 Å². The molecule has 1 fully saturated rings. The van der Waals surface area contributed by atoms with Crippen LogP contribution in [0, 0.1) is 0 Å². The lowest BCUT2D eigenvalue weighted by Crippen LogP contribution is -2.32. The molecule has 0 aliphatic carbocycles. The Kier molecular flexibility index (Phi) is 4.28. The fourth-order valence-corrected chi connectivity index (χ4v) is 5.13. The second kappa shape index (κ2) is 6.91. The zero-order chi connectivity index (χ0) is 17.3. The first-order valence-corrected chi connectivity index (χ1v) is 10.0. The Morgan fingerprint density at radius 3 is 2.85 bits per heavy atom. The van der Waals surface area contributed by atoms with Gasteiger partial charge in [-0.3, -0.25) is 4.90 Å². The maximum absolute atomic E-state index is 5.65. The van der Waals surface area contributed by atoms with Gasteiger partial charge in [-0.25, -0.2) is 0 Å². The third-order valence-corrected chi connectivity index (χ3v) is 6.33. The normalized spacial score (nSPS) is 18.8. The van der Waals surface area contributed by atoms with E-state index in [-0.39, 0.29) is 6.04 Å². The minimum atomic E-state index is 0.252. The highest BCUT2D eigenvalue weighted by Gasteiger charge is 2.27. The Hall–Kier alpha value is -2.08. The minimum Gasteiger partial charge on any atom is -0.454 e. The molecule has 1 saturated heterocycles. The molecule has 4 nitrogen and oxygen atoms in total. The van der Waals surface area contributed by atoms with Crippen LogP contribution in [0.4, 0.5) is 0 Å². The maximum Gasteiger partial charge on any atom is 0.231 e. The quantitative estimate of drug-likeness (QED) is 0.759. The topological polar surface area (TPSA) is 33.7 Å². The van der Waals surface area contributed by atoms with Crippen LogP contribution in [0.15, 0.2) is 48.5 Å². The lowest BCUT2D eigenvalue weighted by molar-refractivity contribution is 0.174. The minimum absolute atomic E-state index is 0.252. The van der Waals surface area contributed by atoms with Gasteiger partial charge in [-0.1, -0.05) is 24.3 Å². The highest BCUT2D eigenvalue weighted by Crippen LogP contribution is 2.41. The standard InChI is InChI=1S/C21H22N2O2S/c1-2-5-19-15(4-1)13-20(26-19)21(23-10-3-8-22-9-11-23)16-6-7-17-18(12-16)25-14-24-17/h1-2,4-7,12-13,21-22H,3,8-11,14H2. The molecule has 0 saturated carbocycles. The molecule has 2 aliphatic rings. The van der Waals surface area contributed by atoms with E-state index >= 15 is 0 Å². The lowest BCUT2D eigenvalue weighted by atomic mass is 10.0. The smallest absolute Gasteiger partial charge is 0.231 e. The highest BCUT2D eigenvalue weighted by molar-refractivity contribution is 7.19. The molecule has 0 radical (unpaired) electrons. The second-order valence-corrected chi connectivity index (χ2v) is 7.96. The molecule has 2 aromatic carbocycles. The molecule has 0 spiro atoms. The number of thiophene rings is 1. The van der Waals surface area contributed by atoms with E-state index in [0.717, 1.165) is 37.7 Å². The first-order valence-electron chi connectivity index (χ1n) is 9.21. The molecular formula is C21H22N2O2S. The Morgan fingerprint density at radius 2 is 1.88 bits per heavy atom. The maximum atomic E-state index is 5.65. The predicted octanol–water partition coefficient (Wildman–Crippen LogP) is 4.01. The molecule has 1 atom stereocenters. The van der Waals surface area contributed by atoms with E-state index < -0.39 is 0 Å². The number of nitrogens with zero attached hydrogens (tertiary/aromatic N) is 1. The Balaban J connectivity index is 1.59. The molecule has 0 amide bonds. The molecule has 134 valence electrons. The van der Waals surface area contributed by atoms with Crippen LogP contribution in [-0.2, 0) is 0 Å². The summed E-state index contributed by atoms with van der Waals surface area (Å²) in [5, 5.41) is 4.85. The van der Waals surface area contributed by atoms with Crippen molar-refractivity contribution in [2.24, 2.45) is 0 Å². The van der Waals surface area contributed by atoms with Gasteiger partial charge in [-0.2, -0.15) is 0 Å². The van der Waals surface area contributed by atoms with Gasteiger partial charge in [-0.15, -0.1) is 11.3 Å². The summed E-state index contributed by atoms with van der Waals surface area (Å²) in [5.41, 5.74) is 1.28. The summed E-state index contributed by atoms with van der Waals surface area (Å²) in [6, 6.07) is 17.7.